The van der Waals surface area contributed by atoms with Gasteiger partial charge in [0.2, 0.25) is 12.3 Å². The molecule has 8 heteroatoms. The molecule has 0 saturated heterocycles. The number of unbranched alkanes of at least 4 members (excludes halogenated alkanes) is 1. The fourth-order valence-electron chi connectivity index (χ4n) is 1.57. The highest BCUT2D eigenvalue weighted by Gasteiger charge is 2.35. The molecule has 2 aromatic heterocycles. The van der Waals surface area contributed by atoms with Crippen LogP contribution < -0.4 is 4.74 Å². The first-order chi connectivity index (χ1) is 10.0. The molecule has 0 atom stereocenters. The Morgan fingerprint density at radius 1 is 1.33 bits per heavy atom. The summed E-state index contributed by atoms with van der Waals surface area (Å²) in [5.41, 5.74) is -0.816. The van der Waals surface area contributed by atoms with Gasteiger partial charge in [0.15, 0.2) is 0 Å². The summed E-state index contributed by atoms with van der Waals surface area (Å²) in [6.07, 6.45) is -0.623. The van der Waals surface area contributed by atoms with Gasteiger partial charge in [-0.3, -0.25) is 0 Å². The third-order valence-corrected chi connectivity index (χ3v) is 2.54. The normalized spacial score (nSPS) is 11.4. The van der Waals surface area contributed by atoms with Crippen molar-refractivity contribution in [2.24, 2.45) is 0 Å². The molecule has 112 valence electrons. The van der Waals surface area contributed by atoms with Gasteiger partial charge < -0.3 is 9.15 Å². The molecule has 2 heterocycles. The number of nitrogens with zero attached hydrogens (tertiary/aromatic N) is 3. The van der Waals surface area contributed by atoms with E-state index >= 15 is 0 Å². The molecular formula is C13H12F3N3O2. The Hall–Kier alpha value is -2.38. The number of allylic oxidation sites excluding steroid dienone is 1. The minimum absolute atomic E-state index is 0.0275. The Labute approximate surface area is 118 Å². The van der Waals surface area contributed by atoms with Crippen LogP contribution in [0.1, 0.15) is 18.4 Å². The quantitative estimate of drug-likeness (QED) is 0.603. The third kappa shape index (κ3) is 3.80. The number of halogens is 3. The molecule has 0 fully saturated rings. The maximum atomic E-state index is 12.9. The average molecular weight is 299 g/mol. The van der Waals surface area contributed by atoms with E-state index in [9.17, 15) is 13.2 Å². The molecule has 21 heavy (non-hydrogen) atoms. The highest BCUT2D eigenvalue weighted by Crippen LogP contribution is 2.36. The molecule has 0 aromatic carbocycles. The van der Waals surface area contributed by atoms with E-state index < -0.39 is 17.6 Å². The van der Waals surface area contributed by atoms with Crippen LogP contribution in [0.15, 0.2) is 35.6 Å². The first kappa shape index (κ1) is 15.0. The molecule has 2 aromatic rings. The Morgan fingerprint density at radius 3 is 2.76 bits per heavy atom. The number of rotatable bonds is 6. The van der Waals surface area contributed by atoms with Gasteiger partial charge in [0, 0.05) is 0 Å². The van der Waals surface area contributed by atoms with Crippen molar-refractivity contribution < 1.29 is 22.3 Å². The molecule has 0 aliphatic carbocycles. The smallest absolute Gasteiger partial charge is 0.421 e. The van der Waals surface area contributed by atoms with Gasteiger partial charge in [-0.05, 0) is 25.0 Å². The standard InChI is InChI=1S/C13H12F3N3O2/c1-2-3-4-7-20-11-9(13(14,15)16)5-6-10(18-11)12-19-17-8-21-12/h2,5-6,8H,1,3-4,7H2. The van der Waals surface area contributed by atoms with Crippen molar-refractivity contribution in [3.63, 3.8) is 0 Å². The number of aromatic nitrogens is 3. The van der Waals surface area contributed by atoms with Crippen LogP contribution in [0.5, 0.6) is 5.88 Å². The van der Waals surface area contributed by atoms with Crippen molar-refractivity contribution in [1.82, 2.24) is 15.2 Å². The van der Waals surface area contributed by atoms with E-state index in [2.05, 4.69) is 21.8 Å². The van der Waals surface area contributed by atoms with Crippen LogP contribution in [0.2, 0.25) is 0 Å². The minimum atomic E-state index is -4.55. The van der Waals surface area contributed by atoms with Crippen LogP contribution in [0, 0.1) is 0 Å². The molecular weight excluding hydrogens is 287 g/mol. The largest absolute Gasteiger partial charge is 0.477 e. The fourth-order valence-corrected chi connectivity index (χ4v) is 1.57. The molecule has 0 radical (unpaired) electrons. The summed E-state index contributed by atoms with van der Waals surface area (Å²) in [7, 11) is 0. The van der Waals surface area contributed by atoms with Gasteiger partial charge in [-0.25, -0.2) is 4.98 Å². The van der Waals surface area contributed by atoms with Gasteiger partial charge in [-0.2, -0.15) is 13.2 Å². The van der Waals surface area contributed by atoms with Crippen LogP contribution >= 0.6 is 0 Å². The van der Waals surface area contributed by atoms with Crippen LogP contribution in [0.4, 0.5) is 13.2 Å². The second-order valence-electron chi connectivity index (χ2n) is 4.07. The van der Waals surface area contributed by atoms with Gasteiger partial charge in [0.05, 0.1) is 6.61 Å². The highest BCUT2D eigenvalue weighted by atomic mass is 19.4. The third-order valence-electron chi connectivity index (χ3n) is 2.54. The van der Waals surface area contributed by atoms with Crippen molar-refractivity contribution in [2.45, 2.75) is 19.0 Å². The lowest BCUT2D eigenvalue weighted by atomic mass is 10.2. The van der Waals surface area contributed by atoms with Crippen molar-refractivity contribution in [1.29, 1.82) is 0 Å². The summed E-state index contributed by atoms with van der Waals surface area (Å²) >= 11 is 0. The predicted octanol–water partition coefficient (Wildman–Crippen LogP) is 3.50. The molecule has 0 N–H and O–H groups in total. The predicted molar refractivity (Wildman–Crippen MR) is 67.5 cm³/mol. The Balaban J connectivity index is 2.27. The minimum Gasteiger partial charge on any atom is -0.477 e. The molecule has 0 spiro atoms. The van der Waals surface area contributed by atoms with E-state index in [4.69, 9.17) is 9.15 Å². The maximum Gasteiger partial charge on any atom is 0.421 e. The second-order valence-corrected chi connectivity index (χ2v) is 4.07. The maximum absolute atomic E-state index is 12.9. The van der Waals surface area contributed by atoms with E-state index in [1.165, 1.54) is 0 Å². The lowest BCUT2D eigenvalue weighted by molar-refractivity contribution is -0.139. The first-order valence-corrected chi connectivity index (χ1v) is 6.11. The molecule has 0 bridgehead atoms. The summed E-state index contributed by atoms with van der Waals surface area (Å²) in [4.78, 5) is 3.81. The van der Waals surface area contributed by atoms with Crippen molar-refractivity contribution >= 4 is 0 Å². The average Bonchev–Trinajstić information content (AvgIpc) is 2.96. The number of hydrogen-bond acceptors (Lipinski definition) is 5. The van der Waals surface area contributed by atoms with Gasteiger partial charge >= 0.3 is 6.18 Å². The zero-order chi connectivity index (χ0) is 15.3. The number of ether oxygens (including phenoxy) is 1. The Kier molecular flexibility index (Phi) is 4.56. The molecule has 0 saturated carbocycles. The molecule has 2 rings (SSSR count). The molecule has 0 amide bonds. The van der Waals surface area contributed by atoms with Crippen LogP contribution in [0.3, 0.4) is 0 Å². The Morgan fingerprint density at radius 2 is 2.14 bits per heavy atom. The molecule has 0 unspecified atom stereocenters. The van der Waals surface area contributed by atoms with Crippen molar-refractivity contribution in [3.8, 4) is 17.5 Å². The summed E-state index contributed by atoms with van der Waals surface area (Å²) < 4.78 is 48.8. The van der Waals surface area contributed by atoms with E-state index in [0.717, 1.165) is 18.5 Å². The zero-order valence-corrected chi connectivity index (χ0v) is 10.9. The Bertz CT molecular complexity index is 597. The van der Waals surface area contributed by atoms with Crippen LogP contribution in [0.25, 0.3) is 11.6 Å². The van der Waals surface area contributed by atoms with Gasteiger partial charge in [-0.15, -0.1) is 16.8 Å². The summed E-state index contributed by atoms with van der Waals surface area (Å²) in [5, 5.41) is 7.06. The van der Waals surface area contributed by atoms with Crippen LogP contribution in [-0.4, -0.2) is 21.8 Å². The monoisotopic (exact) mass is 299 g/mol. The van der Waals surface area contributed by atoms with E-state index in [0.29, 0.717) is 12.8 Å². The van der Waals surface area contributed by atoms with Gasteiger partial charge in [0.25, 0.3) is 5.89 Å². The second kappa shape index (κ2) is 6.38. The van der Waals surface area contributed by atoms with E-state index in [-0.39, 0.29) is 18.2 Å². The summed E-state index contributed by atoms with van der Waals surface area (Å²) in [6, 6.07) is 2.04. The fraction of sp³-hybridized carbons (Fsp3) is 0.308. The number of pyridine rings is 1. The van der Waals surface area contributed by atoms with Crippen molar-refractivity contribution in [3.05, 3.63) is 36.7 Å². The topological polar surface area (TPSA) is 61.0 Å². The van der Waals surface area contributed by atoms with Gasteiger partial charge in [-0.1, -0.05) is 6.08 Å². The first-order valence-electron chi connectivity index (χ1n) is 6.11. The molecule has 5 nitrogen and oxygen atoms in total. The summed E-state index contributed by atoms with van der Waals surface area (Å²) in [5.74, 6) is -0.470. The van der Waals surface area contributed by atoms with E-state index in [1.807, 2.05) is 0 Å². The lowest BCUT2D eigenvalue weighted by Gasteiger charge is -2.13. The van der Waals surface area contributed by atoms with Crippen molar-refractivity contribution in [2.75, 3.05) is 6.61 Å². The zero-order valence-electron chi connectivity index (χ0n) is 10.9. The summed E-state index contributed by atoms with van der Waals surface area (Å²) in [6.45, 7) is 3.64. The van der Waals surface area contributed by atoms with E-state index in [1.54, 1.807) is 6.08 Å². The number of hydrogen-bond donors (Lipinski definition) is 0. The van der Waals surface area contributed by atoms with Crippen LogP contribution in [-0.2, 0) is 6.18 Å². The highest BCUT2D eigenvalue weighted by molar-refractivity contribution is 5.49. The SMILES string of the molecule is C=CCCCOc1nc(-c2nnco2)ccc1C(F)(F)F. The number of alkyl halides is 3. The van der Waals surface area contributed by atoms with Gasteiger partial charge in [0.1, 0.15) is 11.3 Å². The lowest BCUT2D eigenvalue weighted by Crippen LogP contribution is -2.11. The molecule has 0 aliphatic rings. The molecule has 0 aliphatic heterocycles.